The van der Waals surface area contributed by atoms with Crippen LogP contribution in [-0.4, -0.2) is 33.8 Å². The van der Waals surface area contributed by atoms with Crippen molar-refractivity contribution in [1.29, 1.82) is 0 Å². The van der Waals surface area contributed by atoms with E-state index in [9.17, 15) is 4.79 Å². The molecule has 6 heteroatoms. The van der Waals surface area contributed by atoms with Gasteiger partial charge >= 0.3 is 0 Å². The van der Waals surface area contributed by atoms with Gasteiger partial charge in [0.05, 0.1) is 12.1 Å². The summed E-state index contributed by atoms with van der Waals surface area (Å²) in [5, 5.41) is 7.29. The van der Waals surface area contributed by atoms with E-state index in [0.717, 1.165) is 18.2 Å². The highest BCUT2D eigenvalue weighted by atomic mass is 16.2. The molecular formula is C17H23N5O. The SMILES string of the molecule is CC(C)n1nccc1NC(=O)[C@@H]1CN(c2ccccn2)C[C@H]1C. The van der Waals surface area contributed by atoms with Crippen molar-refractivity contribution in [3.8, 4) is 0 Å². The van der Waals surface area contributed by atoms with Crippen LogP contribution in [0.25, 0.3) is 0 Å². The van der Waals surface area contributed by atoms with Crippen molar-refractivity contribution in [3.05, 3.63) is 36.7 Å². The van der Waals surface area contributed by atoms with Gasteiger partial charge in [-0.05, 0) is 31.9 Å². The van der Waals surface area contributed by atoms with Crippen LogP contribution in [0.5, 0.6) is 0 Å². The number of hydrogen-bond acceptors (Lipinski definition) is 4. The third-order valence-corrected chi connectivity index (χ3v) is 4.33. The summed E-state index contributed by atoms with van der Waals surface area (Å²) in [6.45, 7) is 7.75. The molecule has 2 aromatic rings. The van der Waals surface area contributed by atoms with Crippen molar-refractivity contribution in [2.24, 2.45) is 11.8 Å². The van der Waals surface area contributed by atoms with E-state index in [4.69, 9.17) is 0 Å². The highest BCUT2D eigenvalue weighted by molar-refractivity contribution is 5.92. The second kappa shape index (κ2) is 6.40. The third-order valence-electron chi connectivity index (χ3n) is 4.33. The zero-order valence-corrected chi connectivity index (χ0v) is 13.8. The summed E-state index contributed by atoms with van der Waals surface area (Å²) in [5.74, 6) is 1.98. The number of carbonyl (C=O) groups excluding carboxylic acids is 1. The Morgan fingerprint density at radius 2 is 2.09 bits per heavy atom. The monoisotopic (exact) mass is 313 g/mol. The molecule has 1 aliphatic heterocycles. The van der Waals surface area contributed by atoms with Gasteiger partial charge in [-0.1, -0.05) is 13.0 Å². The number of hydrogen-bond donors (Lipinski definition) is 1. The minimum atomic E-state index is -0.0486. The molecule has 23 heavy (non-hydrogen) atoms. The first-order valence-electron chi connectivity index (χ1n) is 8.06. The lowest BCUT2D eigenvalue weighted by Gasteiger charge is -2.17. The Hall–Kier alpha value is -2.37. The molecule has 1 saturated heterocycles. The number of pyridine rings is 1. The Morgan fingerprint density at radius 3 is 2.78 bits per heavy atom. The third kappa shape index (κ3) is 3.21. The van der Waals surface area contributed by atoms with Gasteiger partial charge in [-0.15, -0.1) is 0 Å². The molecular weight excluding hydrogens is 290 g/mol. The van der Waals surface area contributed by atoms with Crippen LogP contribution in [0.15, 0.2) is 36.7 Å². The number of aromatic nitrogens is 3. The molecule has 2 atom stereocenters. The largest absolute Gasteiger partial charge is 0.356 e. The van der Waals surface area contributed by atoms with Crippen LogP contribution in [0.4, 0.5) is 11.6 Å². The smallest absolute Gasteiger partial charge is 0.230 e. The first-order valence-corrected chi connectivity index (χ1v) is 8.06. The Bertz CT molecular complexity index is 667. The molecule has 0 aliphatic carbocycles. The lowest BCUT2D eigenvalue weighted by atomic mass is 9.97. The van der Waals surface area contributed by atoms with Crippen LogP contribution < -0.4 is 10.2 Å². The summed E-state index contributed by atoms with van der Waals surface area (Å²) in [5.41, 5.74) is 0. The average molecular weight is 313 g/mol. The second-order valence-electron chi connectivity index (χ2n) is 6.42. The van der Waals surface area contributed by atoms with E-state index in [1.54, 1.807) is 12.4 Å². The molecule has 1 N–H and O–H groups in total. The standard InChI is InChI=1S/C17H23N5O/c1-12(2)22-16(7-9-19-22)20-17(23)14-11-21(10-13(14)3)15-6-4-5-8-18-15/h4-9,12-14H,10-11H2,1-3H3,(H,20,23)/t13-,14-/m1/s1. The summed E-state index contributed by atoms with van der Waals surface area (Å²) in [4.78, 5) is 19.2. The molecule has 0 unspecified atom stereocenters. The predicted molar refractivity (Wildman–Crippen MR) is 90.3 cm³/mol. The minimum absolute atomic E-state index is 0.0486. The molecule has 0 bridgehead atoms. The maximum absolute atomic E-state index is 12.7. The van der Waals surface area contributed by atoms with Crippen molar-refractivity contribution in [2.45, 2.75) is 26.8 Å². The summed E-state index contributed by atoms with van der Waals surface area (Å²) in [7, 11) is 0. The van der Waals surface area contributed by atoms with Crippen LogP contribution >= 0.6 is 0 Å². The van der Waals surface area contributed by atoms with E-state index >= 15 is 0 Å². The van der Waals surface area contributed by atoms with Gasteiger partial charge in [0, 0.05) is 31.4 Å². The first-order chi connectivity index (χ1) is 11.1. The number of carbonyl (C=O) groups is 1. The highest BCUT2D eigenvalue weighted by Crippen LogP contribution is 2.28. The molecule has 0 spiro atoms. The van der Waals surface area contributed by atoms with Gasteiger partial charge < -0.3 is 10.2 Å². The summed E-state index contributed by atoms with van der Waals surface area (Å²) in [6, 6.07) is 7.92. The molecule has 6 nitrogen and oxygen atoms in total. The van der Waals surface area contributed by atoms with Gasteiger partial charge in [0.25, 0.3) is 0 Å². The maximum Gasteiger partial charge on any atom is 0.230 e. The highest BCUT2D eigenvalue weighted by Gasteiger charge is 2.35. The van der Waals surface area contributed by atoms with E-state index < -0.39 is 0 Å². The number of nitrogens with zero attached hydrogens (tertiary/aromatic N) is 4. The van der Waals surface area contributed by atoms with Crippen molar-refractivity contribution < 1.29 is 4.79 Å². The van der Waals surface area contributed by atoms with Gasteiger partial charge in [-0.2, -0.15) is 5.10 Å². The Labute approximate surface area is 136 Å². The fourth-order valence-corrected chi connectivity index (χ4v) is 3.08. The van der Waals surface area contributed by atoms with E-state index in [-0.39, 0.29) is 23.8 Å². The number of nitrogens with one attached hydrogen (secondary N) is 1. The van der Waals surface area contributed by atoms with E-state index in [1.807, 2.05) is 42.8 Å². The second-order valence-corrected chi connectivity index (χ2v) is 6.42. The quantitative estimate of drug-likeness (QED) is 0.942. The van der Waals surface area contributed by atoms with Gasteiger partial charge in [-0.25, -0.2) is 9.67 Å². The Kier molecular flexibility index (Phi) is 4.32. The normalized spacial score (nSPS) is 21.0. The number of anilines is 2. The summed E-state index contributed by atoms with van der Waals surface area (Å²) < 4.78 is 1.83. The fraction of sp³-hybridized carbons (Fsp3) is 0.471. The van der Waals surface area contributed by atoms with Crippen LogP contribution in [0, 0.1) is 11.8 Å². The lowest BCUT2D eigenvalue weighted by molar-refractivity contribution is -0.120. The molecule has 0 saturated carbocycles. The first kappa shape index (κ1) is 15.5. The molecule has 0 radical (unpaired) electrons. The van der Waals surface area contributed by atoms with Crippen LogP contribution in [0.2, 0.25) is 0 Å². The van der Waals surface area contributed by atoms with Gasteiger partial charge in [0.1, 0.15) is 11.6 Å². The lowest BCUT2D eigenvalue weighted by Crippen LogP contribution is -2.30. The molecule has 1 aliphatic rings. The van der Waals surface area contributed by atoms with Gasteiger partial charge in [-0.3, -0.25) is 4.79 Å². The maximum atomic E-state index is 12.7. The van der Waals surface area contributed by atoms with Crippen LogP contribution in [0.3, 0.4) is 0 Å². The van der Waals surface area contributed by atoms with Crippen molar-refractivity contribution in [2.75, 3.05) is 23.3 Å². The average Bonchev–Trinajstić information content (AvgIpc) is 3.14. The van der Waals surface area contributed by atoms with Crippen LogP contribution in [-0.2, 0) is 4.79 Å². The molecule has 1 fully saturated rings. The molecule has 2 aromatic heterocycles. The minimum Gasteiger partial charge on any atom is -0.356 e. The van der Waals surface area contributed by atoms with E-state index in [2.05, 4.69) is 27.2 Å². The van der Waals surface area contributed by atoms with Crippen LogP contribution in [0.1, 0.15) is 26.8 Å². The predicted octanol–water partition coefficient (Wildman–Crippen LogP) is 2.57. The number of amides is 1. The zero-order valence-electron chi connectivity index (χ0n) is 13.8. The molecule has 122 valence electrons. The van der Waals surface area contributed by atoms with E-state index in [0.29, 0.717) is 6.54 Å². The summed E-state index contributed by atoms with van der Waals surface area (Å²) >= 11 is 0. The van der Waals surface area contributed by atoms with Crippen molar-refractivity contribution in [3.63, 3.8) is 0 Å². The fourth-order valence-electron chi connectivity index (χ4n) is 3.08. The molecule has 0 aromatic carbocycles. The Balaban J connectivity index is 1.69. The summed E-state index contributed by atoms with van der Waals surface area (Å²) in [6.07, 6.45) is 3.50. The Morgan fingerprint density at radius 1 is 1.26 bits per heavy atom. The molecule has 3 rings (SSSR count). The van der Waals surface area contributed by atoms with E-state index in [1.165, 1.54) is 0 Å². The van der Waals surface area contributed by atoms with Gasteiger partial charge in [0.15, 0.2) is 0 Å². The number of rotatable bonds is 4. The topological polar surface area (TPSA) is 63.1 Å². The van der Waals surface area contributed by atoms with Gasteiger partial charge in [0.2, 0.25) is 5.91 Å². The van der Waals surface area contributed by atoms with Crippen molar-refractivity contribution in [1.82, 2.24) is 14.8 Å². The van der Waals surface area contributed by atoms with Crippen molar-refractivity contribution >= 4 is 17.5 Å². The zero-order chi connectivity index (χ0) is 16.4. The molecule has 1 amide bonds. The molecule has 3 heterocycles.